The van der Waals surface area contributed by atoms with E-state index >= 15 is 4.39 Å². The number of sulfone groups is 1. The number of H-pyrrole nitrogens is 2. The molecule has 3 N–H and O–H groups in total. The van der Waals surface area contributed by atoms with Crippen LogP contribution in [0, 0.1) is 11.6 Å². The highest BCUT2D eigenvalue weighted by Gasteiger charge is 2.22. The molecule has 11 nitrogen and oxygen atoms in total. The number of nitrogens with one attached hydrogen (secondary N) is 3. The molecular formula is C31H28F2N8O3S. The molecule has 45 heavy (non-hydrogen) atoms. The van der Waals surface area contributed by atoms with E-state index in [4.69, 9.17) is 0 Å². The van der Waals surface area contributed by atoms with Crippen molar-refractivity contribution in [2.24, 2.45) is 0 Å². The number of rotatable bonds is 10. The van der Waals surface area contributed by atoms with Crippen molar-refractivity contribution in [1.29, 1.82) is 0 Å². The van der Waals surface area contributed by atoms with Gasteiger partial charge < -0.3 is 10.3 Å². The van der Waals surface area contributed by atoms with E-state index in [9.17, 15) is 17.6 Å². The highest BCUT2D eigenvalue weighted by atomic mass is 32.2. The molecule has 6 aromatic rings. The molecule has 0 fully saturated rings. The maximum absolute atomic E-state index is 16.2. The van der Waals surface area contributed by atoms with Gasteiger partial charge in [-0.1, -0.05) is 13.3 Å². The average molecular weight is 631 g/mol. The zero-order valence-corrected chi connectivity index (χ0v) is 25.2. The Morgan fingerprint density at radius 2 is 1.89 bits per heavy atom. The van der Waals surface area contributed by atoms with E-state index < -0.39 is 21.5 Å². The van der Waals surface area contributed by atoms with E-state index in [0.717, 1.165) is 19.1 Å². The highest BCUT2D eigenvalue weighted by Crippen LogP contribution is 2.34. The number of pyridine rings is 3. The van der Waals surface area contributed by atoms with E-state index in [0.29, 0.717) is 45.5 Å². The second kappa shape index (κ2) is 12.1. The summed E-state index contributed by atoms with van der Waals surface area (Å²) in [5.74, 6) is -1.17. The quantitative estimate of drug-likeness (QED) is 0.176. The van der Waals surface area contributed by atoms with Gasteiger partial charge in [-0.15, -0.1) is 0 Å². The highest BCUT2D eigenvalue weighted by molar-refractivity contribution is 7.90. The Morgan fingerprint density at radius 1 is 1.04 bits per heavy atom. The molecular weight excluding hydrogens is 602 g/mol. The second-order valence-electron chi connectivity index (χ2n) is 10.8. The molecule has 230 valence electrons. The van der Waals surface area contributed by atoms with Gasteiger partial charge in [0, 0.05) is 48.0 Å². The minimum Gasteiger partial charge on any atom is -0.337 e. The van der Waals surface area contributed by atoms with E-state index in [1.54, 1.807) is 18.2 Å². The first-order valence-electron chi connectivity index (χ1n) is 14.2. The van der Waals surface area contributed by atoms with Gasteiger partial charge in [-0.2, -0.15) is 5.10 Å². The zero-order chi connectivity index (χ0) is 31.7. The van der Waals surface area contributed by atoms with E-state index in [1.807, 2.05) is 6.92 Å². The molecule has 0 saturated heterocycles. The molecule has 0 aliphatic rings. The van der Waals surface area contributed by atoms with Crippen LogP contribution in [0.25, 0.3) is 56.0 Å². The molecule has 5 heterocycles. The number of nitrogens with zero attached hydrogens (tertiary/aromatic N) is 5. The fourth-order valence-electron chi connectivity index (χ4n) is 5.04. The van der Waals surface area contributed by atoms with Gasteiger partial charge in [-0.3, -0.25) is 19.9 Å². The lowest BCUT2D eigenvalue weighted by Gasteiger charge is -2.08. The van der Waals surface area contributed by atoms with Crippen LogP contribution in [0.3, 0.4) is 0 Å². The fraction of sp³-hybridized carbons (Fsp3) is 0.226. The van der Waals surface area contributed by atoms with Gasteiger partial charge in [0.05, 0.1) is 34.2 Å². The van der Waals surface area contributed by atoms with Gasteiger partial charge in [0.2, 0.25) is 5.91 Å². The van der Waals surface area contributed by atoms with Gasteiger partial charge in [-0.25, -0.2) is 27.2 Å². The van der Waals surface area contributed by atoms with Crippen molar-refractivity contribution >= 4 is 43.5 Å². The predicted molar refractivity (Wildman–Crippen MR) is 167 cm³/mol. The van der Waals surface area contributed by atoms with Crippen LogP contribution in [0.2, 0.25) is 0 Å². The van der Waals surface area contributed by atoms with E-state index in [1.165, 1.54) is 36.9 Å². The van der Waals surface area contributed by atoms with Crippen molar-refractivity contribution < 1.29 is 22.0 Å². The normalized spacial score (nSPS) is 11.8. The molecule has 0 radical (unpaired) electrons. The lowest BCUT2D eigenvalue weighted by molar-refractivity contribution is -0.116. The third-order valence-electron chi connectivity index (χ3n) is 7.24. The molecule has 0 aliphatic carbocycles. The molecule has 0 unspecified atom stereocenters. The summed E-state index contributed by atoms with van der Waals surface area (Å²) in [6.45, 7) is 2.00. The van der Waals surface area contributed by atoms with Gasteiger partial charge in [0.15, 0.2) is 11.5 Å². The summed E-state index contributed by atoms with van der Waals surface area (Å²) in [4.78, 5) is 33.0. The fourth-order valence-corrected chi connectivity index (χ4v) is 5.65. The topological polar surface area (TPSA) is 159 Å². The number of hydrogen-bond acceptors (Lipinski definition) is 8. The van der Waals surface area contributed by atoms with Crippen LogP contribution in [0.1, 0.15) is 31.7 Å². The number of fused-ring (bicyclic) bond motifs is 2. The standard InChI is InChI=1S/C31H28F2N8O3S/c1-3-4-5-24(42)37-21-13-19(14-34-15-21)22-16-36-30-25(26(22)33)29(40-41-30)31-38-23-6-8-35-27(28(23)39-31)18-10-17(11-20(32)12-18)7-9-45(2,43)44/h6,8,10-16H,3-5,7,9H2,1-2H3,(H,37,42)(H,38,39)(H,36,40,41). The molecule has 0 atom stereocenters. The van der Waals surface area contributed by atoms with Crippen molar-refractivity contribution in [2.75, 3.05) is 17.3 Å². The van der Waals surface area contributed by atoms with Crippen LogP contribution in [0.4, 0.5) is 14.5 Å². The molecule has 0 bridgehead atoms. The van der Waals surface area contributed by atoms with Crippen molar-refractivity contribution in [3.8, 4) is 33.9 Å². The summed E-state index contributed by atoms with van der Waals surface area (Å²) in [5, 5.41) is 9.87. The first-order valence-corrected chi connectivity index (χ1v) is 16.3. The van der Waals surface area contributed by atoms with Crippen LogP contribution < -0.4 is 5.32 Å². The molecule has 6 rings (SSSR count). The van der Waals surface area contributed by atoms with Crippen molar-refractivity contribution in [3.63, 3.8) is 0 Å². The summed E-state index contributed by atoms with van der Waals surface area (Å²) in [6.07, 6.45) is 9.15. The molecule has 0 saturated carbocycles. The number of unbranched alkanes of at least 4 members (excludes halogenated alkanes) is 1. The third kappa shape index (κ3) is 6.41. The summed E-state index contributed by atoms with van der Waals surface area (Å²) in [6, 6.07) is 7.59. The first-order chi connectivity index (χ1) is 21.6. The Balaban J connectivity index is 1.38. The number of carbonyl (C=O) groups is 1. The molecule has 0 spiro atoms. The smallest absolute Gasteiger partial charge is 0.224 e. The molecule has 14 heteroatoms. The first kappa shape index (κ1) is 29.9. The van der Waals surface area contributed by atoms with Crippen LogP contribution >= 0.6 is 0 Å². The maximum Gasteiger partial charge on any atom is 0.224 e. The summed E-state index contributed by atoms with van der Waals surface area (Å²) >= 11 is 0. The number of aromatic amines is 2. The predicted octanol–water partition coefficient (Wildman–Crippen LogP) is 5.62. The SMILES string of the molecule is CCCCC(=O)Nc1cncc(-c2cnc3n[nH]c(-c4nc5c(-c6cc(F)cc(CCS(C)(=O)=O)c6)nccc5[nH]4)c3c2F)c1. The van der Waals surface area contributed by atoms with Gasteiger partial charge >= 0.3 is 0 Å². The summed E-state index contributed by atoms with van der Waals surface area (Å²) in [5.41, 5.74) is 3.61. The number of carbonyl (C=O) groups excluding carboxylic acids is 1. The van der Waals surface area contributed by atoms with Crippen LogP contribution in [0.15, 0.2) is 55.1 Å². The van der Waals surface area contributed by atoms with E-state index in [-0.39, 0.29) is 46.2 Å². The Kier molecular flexibility index (Phi) is 8.06. The number of benzene rings is 1. The largest absolute Gasteiger partial charge is 0.337 e. The number of anilines is 1. The number of aromatic nitrogens is 7. The average Bonchev–Trinajstić information content (AvgIpc) is 3.63. The minimum atomic E-state index is -3.24. The van der Waals surface area contributed by atoms with Crippen molar-refractivity contribution in [1.82, 2.24) is 35.1 Å². The Hall–Kier alpha value is -5.11. The van der Waals surface area contributed by atoms with Crippen molar-refractivity contribution in [2.45, 2.75) is 32.6 Å². The number of aryl methyl sites for hydroxylation is 1. The summed E-state index contributed by atoms with van der Waals surface area (Å²) in [7, 11) is -3.24. The second-order valence-corrected chi connectivity index (χ2v) is 13.0. The lowest BCUT2D eigenvalue weighted by atomic mass is 10.0. The summed E-state index contributed by atoms with van der Waals surface area (Å²) < 4.78 is 54.1. The van der Waals surface area contributed by atoms with Crippen molar-refractivity contribution in [3.05, 3.63) is 72.3 Å². The Morgan fingerprint density at radius 3 is 2.69 bits per heavy atom. The number of halogens is 2. The number of hydrogen-bond donors (Lipinski definition) is 3. The lowest BCUT2D eigenvalue weighted by Crippen LogP contribution is -2.11. The number of imidazole rings is 1. The van der Waals surface area contributed by atoms with Crippen LogP contribution in [-0.4, -0.2) is 61.5 Å². The maximum atomic E-state index is 16.2. The Bertz CT molecular complexity index is 2180. The molecule has 1 aromatic carbocycles. The molecule has 1 amide bonds. The molecule has 0 aliphatic heterocycles. The van der Waals surface area contributed by atoms with Gasteiger partial charge in [0.1, 0.15) is 32.7 Å². The van der Waals surface area contributed by atoms with E-state index in [2.05, 4.69) is 40.4 Å². The van der Waals surface area contributed by atoms with Crippen LogP contribution in [-0.2, 0) is 21.1 Å². The zero-order valence-electron chi connectivity index (χ0n) is 24.4. The number of amides is 1. The monoisotopic (exact) mass is 630 g/mol. The van der Waals surface area contributed by atoms with Gasteiger partial charge in [0.25, 0.3) is 0 Å². The third-order valence-corrected chi connectivity index (χ3v) is 8.19. The minimum absolute atomic E-state index is 0.0901. The van der Waals surface area contributed by atoms with Gasteiger partial charge in [-0.05, 0) is 48.7 Å². The molecule has 5 aromatic heterocycles. The van der Waals surface area contributed by atoms with Crippen LogP contribution in [0.5, 0.6) is 0 Å². The Labute approximate surface area is 256 Å².